The fourth-order valence-corrected chi connectivity index (χ4v) is 2.33. The van der Waals surface area contributed by atoms with Crippen LogP contribution < -0.4 is 0 Å². The van der Waals surface area contributed by atoms with Crippen LogP contribution in [-0.4, -0.2) is 22.0 Å². The number of aromatic amines is 1. The second kappa shape index (κ2) is 6.50. The molecule has 0 saturated carbocycles. The van der Waals surface area contributed by atoms with Crippen molar-refractivity contribution in [3.05, 3.63) is 39.6 Å². The Balaban J connectivity index is 2.54. The van der Waals surface area contributed by atoms with E-state index >= 15 is 0 Å². The predicted molar refractivity (Wildman–Crippen MR) is 77.2 cm³/mol. The Kier molecular flexibility index (Phi) is 4.97. The lowest BCUT2D eigenvalue weighted by atomic mass is 10.1. The number of H-pyrrole nitrogens is 1. The first-order chi connectivity index (χ1) is 11.0. The predicted octanol–water partition coefficient (Wildman–Crippen LogP) is 4.70. The molecule has 130 valence electrons. The minimum atomic E-state index is -4.75. The van der Waals surface area contributed by atoms with E-state index < -0.39 is 57.1 Å². The van der Waals surface area contributed by atoms with Gasteiger partial charge in [-0.1, -0.05) is 0 Å². The second-order valence-corrected chi connectivity index (χ2v) is 5.77. The first-order valence-electron chi connectivity index (χ1n) is 6.53. The van der Waals surface area contributed by atoms with Gasteiger partial charge in [0.1, 0.15) is 22.1 Å². The maximum Gasteiger partial charge on any atom is 0.433 e. The third kappa shape index (κ3) is 3.74. The van der Waals surface area contributed by atoms with Gasteiger partial charge in [-0.3, -0.25) is 0 Å². The van der Waals surface area contributed by atoms with Crippen molar-refractivity contribution in [3.63, 3.8) is 0 Å². The molecule has 0 spiro atoms. The zero-order chi connectivity index (χ0) is 18.2. The Morgan fingerprint density at radius 1 is 1.25 bits per heavy atom. The van der Waals surface area contributed by atoms with Crippen LogP contribution >= 0.6 is 15.9 Å². The van der Waals surface area contributed by atoms with Crippen molar-refractivity contribution >= 4 is 21.9 Å². The van der Waals surface area contributed by atoms with E-state index in [1.807, 2.05) is 4.98 Å². The van der Waals surface area contributed by atoms with Crippen LogP contribution in [-0.2, 0) is 10.9 Å². The minimum absolute atomic E-state index is 0.385. The van der Waals surface area contributed by atoms with Gasteiger partial charge in [0.15, 0.2) is 5.69 Å². The normalized spacial score (nSPS) is 11.9. The number of alkyl halides is 3. The minimum Gasteiger partial charge on any atom is -0.459 e. The van der Waals surface area contributed by atoms with Crippen LogP contribution in [0.2, 0.25) is 0 Å². The van der Waals surface area contributed by atoms with Crippen LogP contribution in [0.3, 0.4) is 0 Å². The number of halogens is 6. The van der Waals surface area contributed by atoms with Crippen LogP contribution in [0.5, 0.6) is 0 Å². The molecule has 0 aliphatic rings. The van der Waals surface area contributed by atoms with E-state index in [9.17, 15) is 26.7 Å². The topological polar surface area (TPSA) is 55.0 Å². The lowest BCUT2D eigenvalue weighted by Gasteiger charge is -2.10. The lowest BCUT2D eigenvalue weighted by Crippen LogP contribution is -2.13. The molecular weight excluding hydrogens is 403 g/mol. The molecule has 4 nitrogen and oxygen atoms in total. The van der Waals surface area contributed by atoms with Crippen molar-refractivity contribution < 1.29 is 31.5 Å². The third-order valence-corrected chi connectivity index (χ3v) is 3.39. The summed E-state index contributed by atoms with van der Waals surface area (Å²) in [6.07, 6.45) is -5.31. The van der Waals surface area contributed by atoms with Gasteiger partial charge >= 0.3 is 12.1 Å². The smallest absolute Gasteiger partial charge is 0.433 e. The van der Waals surface area contributed by atoms with Gasteiger partial charge in [-0.15, -0.1) is 0 Å². The molecule has 1 aromatic heterocycles. The van der Waals surface area contributed by atoms with Crippen LogP contribution in [0, 0.1) is 11.6 Å². The highest BCUT2D eigenvalue weighted by Gasteiger charge is 2.36. The van der Waals surface area contributed by atoms with E-state index in [1.54, 1.807) is 0 Å². The van der Waals surface area contributed by atoms with Gasteiger partial charge in [-0.05, 0) is 35.8 Å². The molecule has 10 heteroatoms. The number of carbonyl (C=O) groups is 1. The van der Waals surface area contributed by atoms with E-state index in [1.165, 1.54) is 13.8 Å². The zero-order valence-electron chi connectivity index (χ0n) is 12.3. The molecule has 24 heavy (non-hydrogen) atoms. The quantitative estimate of drug-likeness (QED) is 0.587. The second-order valence-electron chi connectivity index (χ2n) is 5.01. The van der Waals surface area contributed by atoms with Gasteiger partial charge in [0, 0.05) is 6.07 Å². The Labute approximate surface area is 141 Å². The molecular formula is C14H10BrF5N2O2. The Morgan fingerprint density at radius 3 is 2.38 bits per heavy atom. The molecule has 0 aliphatic heterocycles. The summed E-state index contributed by atoms with van der Waals surface area (Å²) in [6, 6.07) is 1.14. The van der Waals surface area contributed by atoms with E-state index in [-0.39, 0.29) is 0 Å². The summed E-state index contributed by atoms with van der Waals surface area (Å²) in [7, 11) is 0. The van der Waals surface area contributed by atoms with E-state index in [4.69, 9.17) is 4.74 Å². The highest BCUT2D eigenvalue weighted by Crippen LogP contribution is 2.35. The van der Waals surface area contributed by atoms with E-state index in [2.05, 4.69) is 20.9 Å². The summed E-state index contributed by atoms with van der Waals surface area (Å²) in [5, 5.41) is 0. The fourth-order valence-electron chi connectivity index (χ4n) is 1.83. The number of carbonyl (C=O) groups excluding carboxylic acids is 1. The van der Waals surface area contributed by atoms with Crippen molar-refractivity contribution in [1.29, 1.82) is 0 Å². The summed E-state index contributed by atoms with van der Waals surface area (Å²) in [5.74, 6) is -3.94. The van der Waals surface area contributed by atoms with Crippen molar-refractivity contribution in [2.45, 2.75) is 26.1 Å². The molecule has 1 heterocycles. The number of aromatic nitrogens is 2. The number of hydrogen-bond donors (Lipinski definition) is 1. The van der Waals surface area contributed by atoms with Crippen LogP contribution in [0.15, 0.2) is 16.7 Å². The average Bonchev–Trinajstić information content (AvgIpc) is 2.79. The zero-order valence-corrected chi connectivity index (χ0v) is 13.8. The Bertz CT molecular complexity index is 786. The molecule has 0 amide bonds. The monoisotopic (exact) mass is 412 g/mol. The molecule has 0 unspecified atom stereocenters. The van der Waals surface area contributed by atoms with E-state index in [0.29, 0.717) is 6.07 Å². The molecule has 0 atom stereocenters. The highest BCUT2D eigenvalue weighted by atomic mass is 79.9. The summed E-state index contributed by atoms with van der Waals surface area (Å²) >= 11 is 2.62. The Hall–Kier alpha value is -1.97. The van der Waals surface area contributed by atoms with Crippen LogP contribution in [0.25, 0.3) is 11.4 Å². The molecule has 0 radical (unpaired) electrons. The molecule has 1 N–H and O–H groups in total. The van der Waals surface area contributed by atoms with Gasteiger partial charge < -0.3 is 9.72 Å². The van der Waals surface area contributed by atoms with Gasteiger partial charge in [0.05, 0.1) is 17.2 Å². The number of imidazole rings is 1. The summed E-state index contributed by atoms with van der Waals surface area (Å²) in [4.78, 5) is 17.2. The third-order valence-electron chi connectivity index (χ3n) is 2.82. The highest BCUT2D eigenvalue weighted by molar-refractivity contribution is 9.10. The van der Waals surface area contributed by atoms with Crippen molar-refractivity contribution in [1.82, 2.24) is 9.97 Å². The summed E-state index contributed by atoms with van der Waals surface area (Å²) in [6.45, 7) is 3.05. The largest absolute Gasteiger partial charge is 0.459 e. The van der Waals surface area contributed by atoms with Crippen molar-refractivity contribution in [3.8, 4) is 11.4 Å². The van der Waals surface area contributed by atoms with E-state index in [0.717, 1.165) is 6.07 Å². The number of hydrogen-bond acceptors (Lipinski definition) is 3. The molecule has 2 aromatic rings. The van der Waals surface area contributed by atoms with Gasteiger partial charge in [0.25, 0.3) is 0 Å². The van der Waals surface area contributed by atoms with Crippen LogP contribution in [0.4, 0.5) is 22.0 Å². The first kappa shape index (κ1) is 18.4. The molecule has 2 rings (SSSR count). The number of nitrogens with one attached hydrogen (secondary N) is 1. The average molecular weight is 413 g/mol. The number of nitrogens with zero attached hydrogens (tertiary/aromatic N) is 1. The van der Waals surface area contributed by atoms with Gasteiger partial charge in [0.2, 0.25) is 0 Å². The maximum absolute atomic E-state index is 13.9. The lowest BCUT2D eigenvalue weighted by molar-refractivity contribution is -0.141. The van der Waals surface area contributed by atoms with Gasteiger partial charge in [-0.2, -0.15) is 13.2 Å². The molecule has 0 saturated heterocycles. The molecule has 0 fully saturated rings. The number of esters is 1. The maximum atomic E-state index is 13.9. The molecule has 0 bridgehead atoms. The number of benzene rings is 1. The summed E-state index contributed by atoms with van der Waals surface area (Å²) in [5.41, 5.74) is -2.34. The SMILES string of the molecule is CC(C)OC(=O)c1cc(-c2nc(Br)c(C(F)(F)F)[nH]2)c(F)cc1F. The van der Waals surface area contributed by atoms with Gasteiger partial charge in [-0.25, -0.2) is 18.6 Å². The molecule has 1 aromatic carbocycles. The first-order valence-corrected chi connectivity index (χ1v) is 7.33. The van der Waals surface area contributed by atoms with Crippen molar-refractivity contribution in [2.75, 3.05) is 0 Å². The number of rotatable bonds is 3. The fraction of sp³-hybridized carbons (Fsp3) is 0.286. The van der Waals surface area contributed by atoms with Crippen molar-refractivity contribution in [2.24, 2.45) is 0 Å². The molecule has 0 aliphatic carbocycles. The number of ether oxygens (including phenoxy) is 1. The van der Waals surface area contributed by atoms with Crippen LogP contribution in [0.1, 0.15) is 29.9 Å². The summed E-state index contributed by atoms with van der Waals surface area (Å²) < 4.78 is 70.2. The Morgan fingerprint density at radius 2 is 1.88 bits per heavy atom. The standard InChI is InChI=1S/C14H10BrF5N2O2/c1-5(2)24-13(23)7-3-6(8(16)4-9(7)17)12-21-10(11(15)22-12)14(18,19)20/h3-5H,1-2H3,(H,21,22).